The van der Waals surface area contributed by atoms with E-state index in [-0.39, 0.29) is 0 Å². The van der Waals surface area contributed by atoms with Gasteiger partial charge in [0.15, 0.2) is 0 Å². The third-order valence-electron chi connectivity index (χ3n) is 4.10. The fourth-order valence-corrected chi connectivity index (χ4v) is 3.55. The molecule has 0 amide bonds. The first kappa shape index (κ1) is 13.1. The van der Waals surface area contributed by atoms with Crippen molar-refractivity contribution in [3.63, 3.8) is 0 Å². The molecule has 1 fully saturated rings. The Hall–Kier alpha value is -0.340. The minimum absolute atomic E-state index is 0.782. The van der Waals surface area contributed by atoms with Crippen molar-refractivity contribution >= 4 is 11.3 Å². The summed E-state index contributed by atoms with van der Waals surface area (Å²) in [5.74, 6) is 1.85. The summed E-state index contributed by atoms with van der Waals surface area (Å²) in [6.45, 7) is 5.89. The minimum Gasteiger partial charge on any atom is -0.314 e. The monoisotopic (exact) mass is 251 g/mol. The summed E-state index contributed by atoms with van der Waals surface area (Å²) in [4.78, 5) is 1.51. The van der Waals surface area contributed by atoms with Crippen LogP contribution in [0.25, 0.3) is 0 Å². The molecule has 1 nitrogen and oxygen atoms in total. The van der Waals surface area contributed by atoms with Crippen molar-refractivity contribution in [2.45, 2.75) is 52.0 Å². The first-order valence-electron chi connectivity index (χ1n) is 7.01. The van der Waals surface area contributed by atoms with E-state index in [1.54, 1.807) is 0 Å². The molecule has 17 heavy (non-hydrogen) atoms. The zero-order valence-electron chi connectivity index (χ0n) is 11.1. The average molecular weight is 251 g/mol. The van der Waals surface area contributed by atoms with Crippen molar-refractivity contribution in [2.75, 3.05) is 6.54 Å². The summed E-state index contributed by atoms with van der Waals surface area (Å²) < 4.78 is 0. The molecule has 96 valence electrons. The Morgan fingerprint density at radius 1 is 1.29 bits per heavy atom. The zero-order valence-corrected chi connectivity index (χ0v) is 11.9. The van der Waals surface area contributed by atoms with E-state index >= 15 is 0 Å². The highest BCUT2D eigenvalue weighted by Gasteiger charge is 2.22. The highest BCUT2D eigenvalue weighted by atomic mass is 32.1. The van der Waals surface area contributed by atoms with E-state index in [0.29, 0.717) is 0 Å². The predicted molar refractivity (Wildman–Crippen MR) is 76.6 cm³/mol. The number of hydrogen-bond donors (Lipinski definition) is 1. The van der Waals surface area contributed by atoms with Gasteiger partial charge in [-0.25, -0.2) is 0 Å². The normalized spacial score (nSPS) is 25.4. The van der Waals surface area contributed by atoms with Crippen molar-refractivity contribution in [2.24, 2.45) is 11.8 Å². The van der Waals surface area contributed by atoms with Gasteiger partial charge in [0.2, 0.25) is 0 Å². The lowest BCUT2D eigenvalue weighted by Crippen LogP contribution is -2.35. The summed E-state index contributed by atoms with van der Waals surface area (Å²) in [6, 6.07) is 5.17. The van der Waals surface area contributed by atoms with Crippen LogP contribution >= 0.6 is 11.3 Å². The Morgan fingerprint density at radius 3 is 2.65 bits per heavy atom. The first-order chi connectivity index (χ1) is 8.25. The predicted octanol–water partition coefficient (Wildman–Crippen LogP) is 4.10. The summed E-state index contributed by atoms with van der Waals surface area (Å²) in [6.07, 6.45) is 6.81. The molecule has 0 radical (unpaired) electrons. The second-order valence-electron chi connectivity index (χ2n) is 5.64. The van der Waals surface area contributed by atoms with Gasteiger partial charge in [-0.2, -0.15) is 0 Å². The highest BCUT2D eigenvalue weighted by molar-refractivity contribution is 7.09. The van der Waals surface area contributed by atoms with Crippen LogP contribution in [0, 0.1) is 11.8 Å². The van der Waals surface area contributed by atoms with Gasteiger partial charge < -0.3 is 5.32 Å². The largest absolute Gasteiger partial charge is 0.314 e. The van der Waals surface area contributed by atoms with Gasteiger partial charge in [-0.05, 0) is 55.4 Å². The van der Waals surface area contributed by atoms with Crippen LogP contribution in [-0.2, 0) is 6.42 Å². The second-order valence-corrected chi connectivity index (χ2v) is 6.67. The van der Waals surface area contributed by atoms with Gasteiger partial charge in [0.05, 0.1) is 0 Å². The lowest BCUT2D eigenvalue weighted by Gasteiger charge is -2.31. The van der Waals surface area contributed by atoms with Gasteiger partial charge >= 0.3 is 0 Å². The number of hydrogen-bond acceptors (Lipinski definition) is 2. The van der Waals surface area contributed by atoms with Crippen LogP contribution in [0.4, 0.5) is 0 Å². The zero-order chi connectivity index (χ0) is 12.1. The molecule has 0 unspecified atom stereocenters. The fourth-order valence-electron chi connectivity index (χ4n) is 2.84. The molecule has 0 spiro atoms. The maximum absolute atomic E-state index is 3.73. The molecule has 2 heteroatoms. The van der Waals surface area contributed by atoms with Crippen molar-refractivity contribution in [1.82, 2.24) is 5.32 Å². The molecule has 1 heterocycles. The third-order valence-corrected chi connectivity index (χ3v) is 5.04. The van der Waals surface area contributed by atoms with E-state index in [9.17, 15) is 0 Å². The molecule has 0 aromatic carbocycles. The molecule has 0 aliphatic heterocycles. The average Bonchev–Trinajstić information content (AvgIpc) is 2.83. The summed E-state index contributed by atoms with van der Waals surface area (Å²) in [5, 5.41) is 5.90. The standard InChI is InChI=1S/C15H25NS/c1-12(2)13-5-7-14(8-6-13)16-10-9-15-4-3-11-17-15/h3-4,11-14,16H,5-10H2,1-2H3. The summed E-state index contributed by atoms with van der Waals surface area (Å²) in [5.41, 5.74) is 0. The van der Waals surface area contributed by atoms with Crippen LogP contribution in [0.5, 0.6) is 0 Å². The second kappa shape index (κ2) is 6.55. The Kier molecular flexibility index (Phi) is 5.05. The van der Waals surface area contributed by atoms with E-state index in [1.165, 1.54) is 37.0 Å². The molecule has 0 saturated heterocycles. The van der Waals surface area contributed by atoms with E-state index in [1.807, 2.05) is 11.3 Å². The number of thiophene rings is 1. The van der Waals surface area contributed by atoms with Gasteiger partial charge in [0.1, 0.15) is 0 Å². The molecule has 0 atom stereocenters. The molecule has 1 aliphatic rings. The van der Waals surface area contributed by atoms with E-state index in [0.717, 1.165) is 24.4 Å². The van der Waals surface area contributed by atoms with Crippen molar-refractivity contribution < 1.29 is 0 Å². The molecule has 1 aromatic heterocycles. The van der Waals surface area contributed by atoms with Crippen LogP contribution in [0.1, 0.15) is 44.4 Å². The van der Waals surface area contributed by atoms with Crippen LogP contribution in [0.2, 0.25) is 0 Å². The Labute approximate surface area is 110 Å². The minimum atomic E-state index is 0.782. The Bertz CT molecular complexity index is 297. The molecule has 1 saturated carbocycles. The first-order valence-corrected chi connectivity index (χ1v) is 7.89. The van der Waals surface area contributed by atoms with Crippen LogP contribution in [0.3, 0.4) is 0 Å². The highest BCUT2D eigenvalue weighted by Crippen LogP contribution is 2.29. The molecule has 1 N–H and O–H groups in total. The van der Waals surface area contributed by atoms with Crippen LogP contribution in [-0.4, -0.2) is 12.6 Å². The van der Waals surface area contributed by atoms with Gasteiger partial charge in [-0.1, -0.05) is 19.9 Å². The van der Waals surface area contributed by atoms with Gasteiger partial charge in [0, 0.05) is 17.5 Å². The Morgan fingerprint density at radius 2 is 2.06 bits per heavy atom. The smallest absolute Gasteiger partial charge is 0.00674 e. The SMILES string of the molecule is CC(C)C1CCC(NCCc2cccs2)CC1. The third kappa shape index (κ3) is 4.11. The summed E-state index contributed by atoms with van der Waals surface area (Å²) in [7, 11) is 0. The lowest BCUT2D eigenvalue weighted by atomic mass is 9.80. The fraction of sp³-hybridized carbons (Fsp3) is 0.733. The molecular formula is C15H25NS. The van der Waals surface area contributed by atoms with Gasteiger partial charge in [0.25, 0.3) is 0 Å². The molecular weight excluding hydrogens is 226 g/mol. The van der Waals surface area contributed by atoms with E-state index < -0.39 is 0 Å². The van der Waals surface area contributed by atoms with Crippen molar-refractivity contribution in [3.05, 3.63) is 22.4 Å². The molecule has 2 rings (SSSR count). The van der Waals surface area contributed by atoms with Crippen LogP contribution in [0.15, 0.2) is 17.5 Å². The van der Waals surface area contributed by atoms with Crippen molar-refractivity contribution in [1.29, 1.82) is 0 Å². The van der Waals surface area contributed by atoms with E-state index in [2.05, 4.69) is 36.7 Å². The number of rotatable bonds is 5. The van der Waals surface area contributed by atoms with Gasteiger partial charge in [-0.3, -0.25) is 0 Å². The Balaban J connectivity index is 1.62. The quantitative estimate of drug-likeness (QED) is 0.831. The number of nitrogens with one attached hydrogen (secondary N) is 1. The molecule has 1 aliphatic carbocycles. The van der Waals surface area contributed by atoms with Gasteiger partial charge in [-0.15, -0.1) is 11.3 Å². The maximum atomic E-state index is 3.73. The van der Waals surface area contributed by atoms with Crippen LogP contribution < -0.4 is 5.32 Å². The van der Waals surface area contributed by atoms with E-state index in [4.69, 9.17) is 0 Å². The molecule has 0 bridgehead atoms. The summed E-state index contributed by atoms with van der Waals surface area (Å²) >= 11 is 1.87. The van der Waals surface area contributed by atoms with Crippen molar-refractivity contribution in [3.8, 4) is 0 Å². The molecule has 1 aromatic rings. The topological polar surface area (TPSA) is 12.0 Å². The lowest BCUT2D eigenvalue weighted by molar-refractivity contribution is 0.239. The maximum Gasteiger partial charge on any atom is 0.00674 e.